The Morgan fingerprint density at radius 1 is 1.29 bits per heavy atom. The van der Waals surface area contributed by atoms with Gasteiger partial charge in [-0.25, -0.2) is 24.1 Å². The largest absolute Gasteiger partial charge is 0.481 e. The predicted octanol–water partition coefficient (Wildman–Crippen LogP) is -1.09. The van der Waals surface area contributed by atoms with Gasteiger partial charge in [0.1, 0.15) is 30.2 Å². The zero-order chi connectivity index (χ0) is 20.7. The van der Waals surface area contributed by atoms with Crippen molar-refractivity contribution in [1.29, 1.82) is 0 Å². The third kappa shape index (κ3) is 4.39. The molecule has 1 aliphatic rings. The Bertz CT molecular complexity index is 949. The summed E-state index contributed by atoms with van der Waals surface area (Å²) >= 11 is 0. The lowest BCUT2D eigenvalue weighted by Crippen LogP contribution is -2.35. The first kappa shape index (κ1) is 21.2. The van der Waals surface area contributed by atoms with Crippen LogP contribution < -0.4 is 5.73 Å². The molecular formula is C11H17N5O10P2. The fourth-order valence-electron chi connectivity index (χ4n) is 2.74. The highest BCUT2D eigenvalue weighted by atomic mass is 31.3. The van der Waals surface area contributed by atoms with E-state index < -0.39 is 40.2 Å². The second-order valence-corrected chi connectivity index (χ2v) is 8.49. The summed E-state index contributed by atoms with van der Waals surface area (Å²) < 4.78 is 43.1. The first-order valence-electron chi connectivity index (χ1n) is 7.56. The molecule has 0 radical (unpaired) electrons. The van der Waals surface area contributed by atoms with Crippen LogP contribution >= 0.6 is 15.6 Å². The van der Waals surface area contributed by atoms with Crippen molar-refractivity contribution in [3.05, 3.63) is 12.7 Å². The van der Waals surface area contributed by atoms with Gasteiger partial charge in [0.05, 0.1) is 12.9 Å². The van der Waals surface area contributed by atoms with Gasteiger partial charge in [0.15, 0.2) is 17.7 Å². The Morgan fingerprint density at radius 3 is 2.64 bits per heavy atom. The third-order valence-electron chi connectivity index (χ3n) is 3.77. The van der Waals surface area contributed by atoms with Crippen LogP contribution in [0.25, 0.3) is 11.2 Å². The van der Waals surface area contributed by atoms with Crippen LogP contribution in [0.15, 0.2) is 12.7 Å². The average molecular weight is 441 g/mol. The van der Waals surface area contributed by atoms with Gasteiger partial charge in [-0.05, 0) is 0 Å². The molecule has 0 amide bonds. The Morgan fingerprint density at radius 2 is 2.00 bits per heavy atom. The summed E-state index contributed by atoms with van der Waals surface area (Å²) in [6.07, 6.45) is -2.98. The molecule has 2 aromatic rings. The molecule has 0 spiro atoms. The van der Waals surface area contributed by atoms with Crippen molar-refractivity contribution in [2.24, 2.45) is 0 Å². The van der Waals surface area contributed by atoms with Crippen molar-refractivity contribution in [1.82, 2.24) is 19.5 Å². The van der Waals surface area contributed by atoms with E-state index in [0.29, 0.717) is 0 Å². The maximum atomic E-state index is 11.9. The van der Waals surface area contributed by atoms with Crippen molar-refractivity contribution in [3.8, 4) is 0 Å². The first-order valence-corrected chi connectivity index (χ1v) is 10.6. The lowest BCUT2D eigenvalue weighted by Gasteiger charge is -2.22. The monoisotopic (exact) mass is 441 g/mol. The molecule has 2 aromatic heterocycles. The van der Waals surface area contributed by atoms with Crippen LogP contribution in [0, 0.1) is 0 Å². The maximum Gasteiger partial charge on any atom is 0.481 e. The number of imidazole rings is 1. The molecule has 17 heteroatoms. The van der Waals surface area contributed by atoms with Crippen molar-refractivity contribution in [2.45, 2.75) is 24.5 Å². The van der Waals surface area contributed by atoms with E-state index in [1.54, 1.807) is 0 Å². The molecule has 5 atom stereocenters. The van der Waals surface area contributed by atoms with E-state index in [0.717, 1.165) is 0 Å². The smallest absolute Gasteiger partial charge is 0.386 e. The van der Waals surface area contributed by atoms with E-state index in [-0.39, 0.29) is 23.6 Å². The van der Waals surface area contributed by atoms with E-state index in [1.807, 2.05) is 0 Å². The normalized spacial score (nSPS) is 27.9. The van der Waals surface area contributed by atoms with Gasteiger partial charge in [0, 0.05) is 7.11 Å². The summed E-state index contributed by atoms with van der Waals surface area (Å²) in [7, 11) is -9.28. The second-order valence-electron chi connectivity index (χ2n) is 5.70. The minimum atomic E-state index is -5.34. The van der Waals surface area contributed by atoms with E-state index in [1.165, 1.54) is 24.3 Å². The molecule has 0 aromatic carbocycles. The molecule has 156 valence electrons. The van der Waals surface area contributed by atoms with E-state index in [2.05, 4.69) is 19.3 Å². The van der Waals surface area contributed by atoms with Crippen LogP contribution in [0.1, 0.15) is 6.23 Å². The highest BCUT2D eigenvalue weighted by Gasteiger charge is 2.50. The number of aliphatic hydroxyl groups excluding tert-OH is 1. The zero-order valence-corrected chi connectivity index (χ0v) is 16.0. The Hall–Kier alpha value is -1.51. The van der Waals surface area contributed by atoms with Crippen molar-refractivity contribution in [3.63, 3.8) is 0 Å². The number of nitrogen functional groups attached to an aromatic ring is 1. The number of nitrogens with zero attached hydrogens (tertiary/aromatic N) is 4. The molecule has 15 nitrogen and oxygen atoms in total. The van der Waals surface area contributed by atoms with Crippen LogP contribution in [-0.2, 0) is 27.4 Å². The van der Waals surface area contributed by atoms with Gasteiger partial charge in [-0.2, -0.15) is 4.31 Å². The fraction of sp³-hybridized carbons (Fsp3) is 0.545. The number of hydrogen-bond acceptors (Lipinski definition) is 11. The summed E-state index contributed by atoms with van der Waals surface area (Å²) in [4.78, 5) is 38.9. The molecule has 3 heterocycles. The van der Waals surface area contributed by atoms with E-state index >= 15 is 0 Å². The van der Waals surface area contributed by atoms with E-state index in [4.69, 9.17) is 29.5 Å². The van der Waals surface area contributed by atoms with Crippen LogP contribution in [0.5, 0.6) is 0 Å². The number of anilines is 1. The maximum absolute atomic E-state index is 11.9. The van der Waals surface area contributed by atoms with E-state index in [9.17, 15) is 19.1 Å². The van der Waals surface area contributed by atoms with Gasteiger partial charge in [-0.3, -0.25) is 9.09 Å². The highest BCUT2D eigenvalue weighted by Crippen LogP contribution is 2.59. The predicted molar refractivity (Wildman–Crippen MR) is 89.4 cm³/mol. The minimum absolute atomic E-state index is 0.0902. The van der Waals surface area contributed by atoms with Gasteiger partial charge in [-0.1, -0.05) is 0 Å². The summed E-state index contributed by atoms with van der Waals surface area (Å²) in [5.41, 5.74) is 6.17. The number of fused-ring (bicyclic) bond motifs is 1. The summed E-state index contributed by atoms with van der Waals surface area (Å²) in [5.74, 6) is 0.0902. The zero-order valence-electron chi connectivity index (χ0n) is 14.2. The highest BCUT2D eigenvalue weighted by molar-refractivity contribution is 7.60. The lowest BCUT2D eigenvalue weighted by atomic mass is 10.1. The molecule has 0 aliphatic carbocycles. The van der Waals surface area contributed by atoms with Gasteiger partial charge >= 0.3 is 15.6 Å². The quantitative estimate of drug-likeness (QED) is 0.322. The Balaban J connectivity index is 1.90. The summed E-state index contributed by atoms with van der Waals surface area (Å²) in [5, 5.41) is 10.6. The lowest BCUT2D eigenvalue weighted by molar-refractivity contribution is -0.0577. The standard InChI is InChI=1S/C11H17N5O10P2/c1-23-2-5-8(25-28(21,22)26-27(18,19)20)7(17)11(24-5)16-4-15-6-9(12)13-3-14-10(6)16/h3-5,7-8,11,17H,2H2,1H3,(H,21,22)(H2,12,13,14)(H2,18,19,20)/t5-,7-,8-,11-/m1/s1. The number of phosphoric acid groups is 2. The third-order valence-corrected chi connectivity index (χ3v) is 5.95. The molecule has 1 fully saturated rings. The number of aromatic nitrogens is 4. The number of hydrogen-bond donors (Lipinski definition) is 5. The van der Waals surface area contributed by atoms with Crippen LogP contribution in [0.4, 0.5) is 5.82 Å². The van der Waals surface area contributed by atoms with Crippen molar-refractivity contribution in [2.75, 3.05) is 19.5 Å². The number of aliphatic hydroxyl groups is 1. The van der Waals surface area contributed by atoms with Gasteiger partial charge in [0.25, 0.3) is 0 Å². The number of phosphoric ester groups is 1. The number of ether oxygens (including phenoxy) is 2. The number of methoxy groups -OCH3 is 1. The van der Waals surface area contributed by atoms with Crippen LogP contribution in [-0.4, -0.2) is 71.3 Å². The molecule has 0 bridgehead atoms. The fourth-order valence-corrected chi connectivity index (χ4v) is 4.54. The van der Waals surface area contributed by atoms with Gasteiger partial charge < -0.3 is 35.0 Å². The van der Waals surface area contributed by atoms with Crippen molar-refractivity contribution < 1.29 is 47.2 Å². The molecule has 1 saturated heterocycles. The number of rotatable bonds is 7. The Labute approximate surface area is 156 Å². The second kappa shape index (κ2) is 7.72. The Kier molecular flexibility index (Phi) is 5.85. The van der Waals surface area contributed by atoms with Crippen LogP contribution in [0.2, 0.25) is 0 Å². The molecule has 1 unspecified atom stereocenters. The molecule has 3 rings (SSSR count). The van der Waals surface area contributed by atoms with Gasteiger partial charge in [-0.15, -0.1) is 0 Å². The topological polar surface area (TPSA) is 222 Å². The average Bonchev–Trinajstić information content (AvgIpc) is 3.10. The molecule has 28 heavy (non-hydrogen) atoms. The van der Waals surface area contributed by atoms with Crippen LogP contribution in [0.3, 0.4) is 0 Å². The molecular weight excluding hydrogens is 424 g/mol. The summed E-state index contributed by atoms with van der Waals surface area (Å²) in [6, 6.07) is 0. The number of nitrogens with two attached hydrogens (primary N) is 1. The van der Waals surface area contributed by atoms with Gasteiger partial charge in [0.2, 0.25) is 0 Å². The SMILES string of the molecule is COC[C@H]1O[C@@H](n2cnc3c(N)ncnc32)[C@H](O)[C@@H]1OP(=O)(O)OP(=O)(O)O. The molecule has 6 N–H and O–H groups in total. The summed E-state index contributed by atoms with van der Waals surface area (Å²) in [6.45, 7) is -0.183. The molecule has 1 aliphatic heterocycles. The molecule has 0 saturated carbocycles. The first-order chi connectivity index (χ1) is 13.0. The van der Waals surface area contributed by atoms with Crippen molar-refractivity contribution >= 4 is 32.6 Å². The minimum Gasteiger partial charge on any atom is -0.386 e.